The van der Waals surface area contributed by atoms with E-state index < -0.39 is 0 Å². The first-order chi connectivity index (χ1) is 8.63. The van der Waals surface area contributed by atoms with Gasteiger partial charge >= 0.3 is 0 Å². The number of imidazole rings is 1. The Bertz CT molecular complexity index is 726. The molecule has 3 nitrogen and oxygen atoms in total. The highest BCUT2D eigenvalue weighted by Gasteiger charge is 2.08. The number of nitrogens with zero attached hydrogens (tertiary/aromatic N) is 1. The van der Waals surface area contributed by atoms with Crippen LogP contribution in [-0.4, -0.2) is 9.97 Å². The molecule has 0 radical (unpaired) electrons. The molecule has 0 fully saturated rings. The average Bonchev–Trinajstić information content (AvgIpc) is 2.74. The lowest BCUT2D eigenvalue weighted by Crippen LogP contribution is -1.90. The van der Waals surface area contributed by atoms with Crippen LogP contribution < -0.4 is 5.73 Å². The zero-order chi connectivity index (χ0) is 12.7. The van der Waals surface area contributed by atoms with E-state index in [-0.39, 0.29) is 0 Å². The number of nitrogens with two attached hydrogens (primary N) is 1. The van der Waals surface area contributed by atoms with Gasteiger partial charge in [-0.15, -0.1) is 0 Å². The number of aromatic nitrogens is 2. The molecule has 0 bridgehead atoms. The summed E-state index contributed by atoms with van der Waals surface area (Å²) in [7, 11) is 0. The summed E-state index contributed by atoms with van der Waals surface area (Å²) in [6, 6.07) is 12.1. The van der Waals surface area contributed by atoms with E-state index in [0.29, 0.717) is 0 Å². The first-order valence-corrected chi connectivity index (χ1v) is 5.96. The van der Waals surface area contributed by atoms with Gasteiger partial charge in [0.15, 0.2) is 0 Å². The molecule has 1 aromatic heterocycles. The molecule has 0 aliphatic carbocycles. The summed E-state index contributed by atoms with van der Waals surface area (Å²) in [4.78, 5) is 7.97. The Hall–Kier alpha value is -2.29. The number of nitrogens with one attached hydrogen (secondary N) is 1. The quantitative estimate of drug-likeness (QED) is 0.637. The van der Waals surface area contributed by atoms with E-state index in [1.165, 1.54) is 11.1 Å². The smallest absolute Gasteiger partial charge is 0.138 e. The number of nitrogen functional groups attached to an aromatic ring is 1. The molecule has 0 saturated carbocycles. The lowest BCUT2D eigenvalue weighted by atomic mass is 10.1. The first-order valence-electron chi connectivity index (χ1n) is 5.96. The minimum Gasteiger partial charge on any atom is -0.399 e. The molecule has 1 heterocycles. The van der Waals surface area contributed by atoms with Crippen LogP contribution >= 0.6 is 0 Å². The predicted molar refractivity (Wildman–Crippen MR) is 75.4 cm³/mol. The number of fused-ring (bicyclic) bond motifs is 1. The number of benzene rings is 2. The Balaban J connectivity index is 2.22. The van der Waals surface area contributed by atoms with Gasteiger partial charge in [0.2, 0.25) is 0 Å². The minimum atomic E-state index is 0.757. The highest BCUT2D eigenvalue weighted by molar-refractivity contribution is 5.81. The van der Waals surface area contributed by atoms with Crippen molar-refractivity contribution in [2.45, 2.75) is 13.8 Å². The molecule has 0 aliphatic heterocycles. The van der Waals surface area contributed by atoms with Gasteiger partial charge in [-0.3, -0.25) is 0 Å². The van der Waals surface area contributed by atoms with Crippen LogP contribution in [0.15, 0.2) is 36.4 Å². The number of aromatic amines is 1. The van der Waals surface area contributed by atoms with Crippen molar-refractivity contribution < 1.29 is 0 Å². The molecular weight excluding hydrogens is 222 g/mol. The van der Waals surface area contributed by atoms with Crippen molar-refractivity contribution in [3.8, 4) is 11.4 Å². The van der Waals surface area contributed by atoms with Crippen LogP contribution in [-0.2, 0) is 0 Å². The van der Waals surface area contributed by atoms with E-state index in [4.69, 9.17) is 5.73 Å². The number of rotatable bonds is 1. The van der Waals surface area contributed by atoms with Gasteiger partial charge < -0.3 is 10.7 Å². The first kappa shape index (κ1) is 10.8. The largest absolute Gasteiger partial charge is 0.399 e. The van der Waals surface area contributed by atoms with E-state index in [1.807, 2.05) is 24.3 Å². The summed E-state index contributed by atoms with van der Waals surface area (Å²) in [6.07, 6.45) is 0. The fourth-order valence-corrected chi connectivity index (χ4v) is 2.15. The molecule has 0 saturated heterocycles. The van der Waals surface area contributed by atoms with Crippen molar-refractivity contribution in [2.24, 2.45) is 0 Å². The topological polar surface area (TPSA) is 54.7 Å². The molecule has 3 rings (SSSR count). The molecule has 90 valence electrons. The number of aryl methyl sites for hydroxylation is 2. The minimum absolute atomic E-state index is 0.757. The number of hydrogen-bond acceptors (Lipinski definition) is 2. The normalized spacial score (nSPS) is 11.0. The van der Waals surface area contributed by atoms with Crippen molar-refractivity contribution >= 4 is 16.7 Å². The SMILES string of the molecule is Cc1ccc2nc(-c3cc(N)ccc3C)[nH]c2c1. The summed E-state index contributed by atoms with van der Waals surface area (Å²) in [5.74, 6) is 0.875. The van der Waals surface area contributed by atoms with Crippen molar-refractivity contribution in [1.29, 1.82) is 0 Å². The van der Waals surface area contributed by atoms with E-state index in [2.05, 4.69) is 35.9 Å². The van der Waals surface area contributed by atoms with Crippen molar-refractivity contribution in [1.82, 2.24) is 9.97 Å². The molecule has 0 spiro atoms. The van der Waals surface area contributed by atoms with Gasteiger partial charge in [0.25, 0.3) is 0 Å². The van der Waals surface area contributed by atoms with Gasteiger partial charge in [-0.1, -0.05) is 12.1 Å². The summed E-state index contributed by atoms with van der Waals surface area (Å²) in [6.45, 7) is 4.14. The molecule has 0 aliphatic rings. The highest BCUT2D eigenvalue weighted by Crippen LogP contribution is 2.25. The summed E-state index contributed by atoms with van der Waals surface area (Å²) in [5, 5.41) is 0. The Kier molecular flexibility index (Phi) is 2.33. The fraction of sp³-hybridized carbons (Fsp3) is 0.133. The molecule has 18 heavy (non-hydrogen) atoms. The van der Waals surface area contributed by atoms with Crippen molar-refractivity contribution in [2.75, 3.05) is 5.73 Å². The third-order valence-electron chi connectivity index (χ3n) is 3.15. The van der Waals surface area contributed by atoms with E-state index in [9.17, 15) is 0 Å². The maximum atomic E-state index is 5.84. The average molecular weight is 237 g/mol. The van der Waals surface area contributed by atoms with Crippen LogP contribution in [0.25, 0.3) is 22.4 Å². The maximum Gasteiger partial charge on any atom is 0.138 e. The number of anilines is 1. The second-order valence-corrected chi connectivity index (χ2v) is 4.68. The van der Waals surface area contributed by atoms with Crippen molar-refractivity contribution in [3.05, 3.63) is 47.5 Å². The van der Waals surface area contributed by atoms with Crippen LogP contribution in [0.3, 0.4) is 0 Å². The summed E-state index contributed by atoms with van der Waals surface area (Å²) in [5.41, 5.74) is 12.1. The molecule has 2 aromatic carbocycles. The Morgan fingerprint density at radius 2 is 1.89 bits per heavy atom. The van der Waals surface area contributed by atoms with Crippen LogP contribution in [0, 0.1) is 13.8 Å². The third kappa shape index (κ3) is 1.74. The third-order valence-corrected chi connectivity index (χ3v) is 3.15. The Morgan fingerprint density at radius 3 is 2.72 bits per heavy atom. The summed E-state index contributed by atoms with van der Waals surface area (Å²) < 4.78 is 0. The predicted octanol–water partition coefficient (Wildman–Crippen LogP) is 3.43. The van der Waals surface area contributed by atoms with Gasteiger partial charge in [-0.05, 0) is 49.2 Å². The molecule has 3 N–H and O–H groups in total. The lowest BCUT2D eigenvalue weighted by Gasteiger charge is -2.03. The fourth-order valence-electron chi connectivity index (χ4n) is 2.15. The Morgan fingerprint density at radius 1 is 1.06 bits per heavy atom. The molecule has 0 atom stereocenters. The molecule has 0 unspecified atom stereocenters. The number of H-pyrrole nitrogens is 1. The highest BCUT2D eigenvalue weighted by atomic mass is 14.9. The van der Waals surface area contributed by atoms with Gasteiger partial charge in [0.1, 0.15) is 5.82 Å². The Labute approximate surface area is 106 Å². The second kappa shape index (κ2) is 3.88. The monoisotopic (exact) mass is 237 g/mol. The van der Waals surface area contributed by atoms with Gasteiger partial charge in [0.05, 0.1) is 11.0 Å². The van der Waals surface area contributed by atoms with Crippen LogP contribution in [0.4, 0.5) is 5.69 Å². The van der Waals surface area contributed by atoms with Crippen molar-refractivity contribution in [3.63, 3.8) is 0 Å². The van der Waals surface area contributed by atoms with Gasteiger partial charge in [-0.2, -0.15) is 0 Å². The number of hydrogen-bond donors (Lipinski definition) is 2. The second-order valence-electron chi connectivity index (χ2n) is 4.68. The molecule has 3 aromatic rings. The van der Waals surface area contributed by atoms with E-state index in [1.54, 1.807) is 0 Å². The van der Waals surface area contributed by atoms with E-state index >= 15 is 0 Å². The van der Waals surface area contributed by atoms with Crippen LogP contribution in [0.5, 0.6) is 0 Å². The molecule has 3 heteroatoms. The van der Waals surface area contributed by atoms with Crippen LogP contribution in [0.2, 0.25) is 0 Å². The van der Waals surface area contributed by atoms with Gasteiger partial charge in [0, 0.05) is 11.3 Å². The molecule has 0 amide bonds. The van der Waals surface area contributed by atoms with Crippen LogP contribution in [0.1, 0.15) is 11.1 Å². The lowest BCUT2D eigenvalue weighted by molar-refractivity contribution is 1.31. The zero-order valence-electron chi connectivity index (χ0n) is 10.5. The van der Waals surface area contributed by atoms with Gasteiger partial charge in [-0.25, -0.2) is 4.98 Å². The standard InChI is InChI=1S/C15H15N3/c1-9-3-6-13-14(7-9)18-15(17-13)12-8-11(16)5-4-10(12)2/h3-8H,16H2,1-2H3,(H,17,18). The van der Waals surface area contributed by atoms with E-state index in [0.717, 1.165) is 28.1 Å². The molecular formula is C15H15N3. The zero-order valence-corrected chi connectivity index (χ0v) is 10.5. The summed E-state index contributed by atoms with van der Waals surface area (Å²) >= 11 is 0. The maximum absolute atomic E-state index is 5.84.